The van der Waals surface area contributed by atoms with Crippen molar-refractivity contribution >= 4 is 28.5 Å². The fraction of sp³-hybridized carbons (Fsp3) is 0.0952. The van der Waals surface area contributed by atoms with Gasteiger partial charge in [-0.05, 0) is 29.8 Å². The van der Waals surface area contributed by atoms with E-state index in [0.717, 1.165) is 39.1 Å². The largest absolute Gasteiger partial charge is 0.497 e. The molecule has 0 aliphatic carbocycles. The molecule has 4 aromatic rings. The van der Waals surface area contributed by atoms with Crippen LogP contribution in [0.15, 0.2) is 78.0 Å². The van der Waals surface area contributed by atoms with Crippen LogP contribution in [0.1, 0.15) is 5.56 Å². The lowest BCUT2D eigenvalue weighted by Crippen LogP contribution is -2.01. The number of rotatable bonds is 5. The summed E-state index contributed by atoms with van der Waals surface area (Å²) in [6.45, 7) is 0. The highest BCUT2D eigenvalue weighted by Crippen LogP contribution is 2.33. The van der Waals surface area contributed by atoms with Gasteiger partial charge in [0.05, 0.1) is 29.5 Å². The maximum Gasteiger partial charge on any atom is 0.174 e. The topological polar surface area (TPSA) is 53.1 Å². The van der Waals surface area contributed by atoms with Gasteiger partial charge in [-0.2, -0.15) is 0 Å². The smallest absolute Gasteiger partial charge is 0.174 e. The van der Waals surface area contributed by atoms with Crippen LogP contribution in [0.2, 0.25) is 0 Å². The molecule has 3 aromatic carbocycles. The molecule has 2 N–H and O–H groups in total. The number of benzene rings is 3. The highest BCUT2D eigenvalue weighted by atomic mass is 32.2. The Labute approximate surface area is 156 Å². The maximum atomic E-state index is 6.25. The van der Waals surface area contributed by atoms with Gasteiger partial charge in [-0.1, -0.05) is 54.2 Å². The minimum atomic E-state index is 0.726. The van der Waals surface area contributed by atoms with Crippen molar-refractivity contribution in [3.63, 3.8) is 0 Å². The molecule has 1 heterocycles. The minimum absolute atomic E-state index is 0.726. The number of hydrogen-bond acceptors (Lipinski definition) is 4. The molecule has 26 heavy (non-hydrogen) atoms. The SMILES string of the molecule is COc1ccc2c(c1)nc(SCc1ccccc1)n2-c1ccccc1N. The summed E-state index contributed by atoms with van der Waals surface area (Å²) in [5.41, 5.74) is 11.1. The molecular formula is C21H19N3OS. The quantitative estimate of drug-likeness (QED) is 0.405. The molecule has 0 saturated carbocycles. The van der Waals surface area contributed by atoms with E-state index in [4.69, 9.17) is 15.5 Å². The fourth-order valence-corrected chi connectivity index (χ4v) is 3.88. The van der Waals surface area contributed by atoms with E-state index < -0.39 is 0 Å². The Balaban J connectivity index is 1.82. The van der Waals surface area contributed by atoms with Crippen molar-refractivity contribution in [2.45, 2.75) is 10.9 Å². The predicted molar refractivity (Wildman–Crippen MR) is 108 cm³/mol. The van der Waals surface area contributed by atoms with Crippen LogP contribution < -0.4 is 10.5 Å². The lowest BCUT2D eigenvalue weighted by atomic mass is 10.2. The third kappa shape index (κ3) is 3.13. The van der Waals surface area contributed by atoms with Crippen LogP contribution in [-0.4, -0.2) is 16.7 Å². The zero-order chi connectivity index (χ0) is 17.9. The Hall–Kier alpha value is -2.92. The van der Waals surface area contributed by atoms with E-state index in [1.165, 1.54) is 5.56 Å². The van der Waals surface area contributed by atoms with Crippen molar-refractivity contribution < 1.29 is 4.74 Å². The van der Waals surface area contributed by atoms with Gasteiger partial charge < -0.3 is 10.5 Å². The van der Waals surface area contributed by atoms with Gasteiger partial charge in [-0.25, -0.2) is 4.98 Å². The molecule has 0 bridgehead atoms. The van der Waals surface area contributed by atoms with E-state index in [2.05, 4.69) is 28.8 Å². The third-order valence-electron chi connectivity index (χ3n) is 4.22. The molecule has 0 amide bonds. The van der Waals surface area contributed by atoms with Gasteiger partial charge in [-0.3, -0.25) is 4.57 Å². The molecule has 5 heteroatoms. The molecule has 0 unspecified atom stereocenters. The molecule has 0 atom stereocenters. The number of nitrogen functional groups attached to an aromatic ring is 1. The Kier molecular flexibility index (Phi) is 4.54. The van der Waals surface area contributed by atoms with Crippen LogP contribution in [-0.2, 0) is 5.75 Å². The summed E-state index contributed by atoms with van der Waals surface area (Å²) in [7, 11) is 1.67. The molecule has 4 nitrogen and oxygen atoms in total. The summed E-state index contributed by atoms with van der Waals surface area (Å²) in [6, 6.07) is 24.2. The number of imidazole rings is 1. The lowest BCUT2D eigenvalue weighted by molar-refractivity contribution is 0.415. The summed E-state index contributed by atoms with van der Waals surface area (Å²) < 4.78 is 7.47. The average molecular weight is 361 g/mol. The van der Waals surface area contributed by atoms with E-state index in [9.17, 15) is 0 Å². The molecule has 0 aliphatic rings. The van der Waals surface area contributed by atoms with E-state index in [0.29, 0.717) is 0 Å². The van der Waals surface area contributed by atoms with Crippen LogP contribution in [0.4, 0.5) is 5.69 Å². The third-order valence-corrected chi connectivity index (χ3v) is 5.23. The van der Waals surface area contributed by atoms with Gasteiger partial charge in [0, 0.05) is 11.8 Å². The second-order valence-electron chi connectivity index (χ2n) is 5.92. The van der Waals surface area contributed by atoms with Gasteiger partial charge in [0.1, 0.15) is 5.75 Å². The summed E-state index contributed by atoms with van der Waals surface area (Å²) in [5.74, 6) is 1.64. The zero-order valence-electron chi connectivity index (χ0n) is 14.4. The number of methoxy groups -OCH3 is 1. The first-order chi connectivity index (χ1) is 12.8. The maximum absolute atomic E-state index is 6.25. The van der Waals surface area contributed by atoms with Gasteiger partial charge in [0.15, 0.2) is 5.16 Å². The van der Waals surface area contributed by atoms with Crippen LogP contribution in [0.5, 0.6) is 5.75 Å². The van der Waals surface area contributed by atoms with Gasteiger partial charge in [-0.15, -0.1) is 0 Å². The summed E-state index contributed by atoms with van der Waals surface area (Å²) >= 11 is 1.70. The summed E-state index contributed by atoms with van der Waals surface area (Å²) in [4.78, 5) is 4.84. The van der Waals surface area contributed by atoms with Crippen molar-refractivity contribution in [3.8, 4) is 11.4 Å². The van der Waals surface area contributed by atoms with Crippen LogP contribution >= 0.6 is 11.8 Å². The second kappa shape index (κ2) is 7.14. The van der Waals surface area contributed by atoms with Gasteiger partial charge in [0.25, 0.3) is 0 Å². The molecule has 0 fully saturated rings. The van der Waals surface area contributed by atoms with E-state index >= 15 is 0 Å². The highest BCUT2D eigenvalue weighted by Gasteiger charge is 2.15. The second-order valence-corrected chi connectivity index (χ2v) is 6.86. The average Bonchev–Trinajstić information content (AvgIpc) is 3.05. The molecule has 0 radical (unpaired) electrons. The van der Waals surface area contributed by atoms with Crippen molar-refractivity contribution in [2.75, 3.05) is 12.8 Å². The Bertz CT molecular complexity index is 1040. The van der Waals surface area contributed by atoms with E-state index in [1.807, 2.05) is 48.5 Å². The van der Waals surface area contributed by atoms with Crippen LogP contribution in [0.3, 0.4) is 0 Å². The zero-order valence-corrected chi connectivity index (χ0v) is 15.2. The number of hydrogen-bond donors (Lipinski definition) is 1. The first-order valence-corrected chi connectivity index (χ1v) is 9.33. The fourth-order valence-electron chi connectivity index (χ4n) is 2.91. The van der Waals surface area contributed by atoms with Gasteiger partial charge >= 0.3 is 0 Å². The monoisotopic (exact) mass is 361 g/mol. The van der Waals surface area contributed by atoms with Crippen molar-refractivity contribution in [1.29, 1.82) is 0 Å². The van der Waals surface area contributed by atoms with Crippen LogP contribution in [0, 0.1) is 0 Å². The number of aromatic nitrogens is 2. The van der Waals surface area contributed by atoms with Crippen molar-refractivity contribution in [2.24, 2.45) is 0 Å². The Morgan fingerprint density at radius 1 is 1.00 bits per heavy atom. The molecule has 0 aliphatic heterocycles. The first-order valence-electron chi connectivity index (χ1n) is 8.34. The number of thioether (sulfide) groups is 1. The Morgan fingerprint density at radius 2 is 1.77 bits per heavy atom. The molecule has 1 aromatic heterocycles. The van der Waals surface area contributed by atoms with E-state index in [1.54, 1.807) is 18.9 Å². The van der Waals surface area contributed by atoms with Crippen molar-refractivity contribution in [1.82, 2.24) is 9.55 Å². The van der Waals surface area contributed by atoms with Crippen molar-refractivity contribution in [3.05, 3.63) is 78.4 Å². The summed E-state index contributed by atoms with van der Waals surface area (Å²) in [5, 5.41) is 0.912. The molecule has 4 rings (SSSR count). The van der Waals surface area contributed by atoms with Gasteiger partial charge in [0.2, 0.25) is 0 Å². The molecule has 130 valence electrons. The Morgan fingerprint density at radius 3 is 2.54 bits per heavy atom. The summed E-state index contributed by atoms with van der Waals surface area (Å²) in [6.07, 6.45) is 0. The standard InChI is InChI=1S/C21H19N3OS/c1-25-16-11-12-20-18(13-16)23-21(26-14-15-7-3-2-4-8-15)24(20)19-10-6-5-9-17(19)22/h2-13H,14,22H2,1H3. The number of fused-ring (bicyclic) bond motifs is 1. The number of para-hydroxylation sites is 2. The number of anilines is 1. The molecular weight excluding hydrogens is 342 g/mol. The number of ether oxygens (including phenoxy) is 1. The predicted octanol–water partition coefficient (Wildman–Crippen LogP) is 4.91. The number of nitrogens with zero attached hydrogens (tertiary/aromatic N) is 2. The molecule has 0 saturated heterocycles. The van der Waals surface area contributed by atoms with Crippen LogP contribution in [0.25, 0.3) is 16.7 Å². The molecule has 0 spiro atoms. The van der Waals surface area contributed by atoms with E-state index in [-0.39, 0.29) is 0 Å². The first kappa shape index (κ1) is 16.5. The lowest BCUT2D eigenvalue weighted by Gasteiger charge is -2.11. The number of nitrogens with two attached hydrogens (primary N) is 1. The highest BCUT2D eigenvalue weighted by molar-refractivity contribution is 7.98. The minimum Gasteiger partial charge on any atom is -0.497 e. The normalized spacial score (nSPS) is 11.0.